The molecule has 3 aromatic rings. The first-order valence-corrected chi connectivity index (χ1v) is 7.16. The number of aromatic nitrogens is 3. The molecule has 4 heteroatoms. The van der Waals surface area contributed by atoms with Gasteiger partial charge < -0.3 is 4.98 Å². The summed E-state index contributed by atoms with van der Waals surface area (Å²) in [6, 6.07) is 12.4. The predicted octanol–water partition coefficient (Wildman–Crippen LogP) is 4.51. The highest BCUT2D eigenvalue weighted by Crippen LogP contribution is 2.26. The van der Waals surface area contributed by atoms with Gasteiger partial charge in [-0.3, -0.25) is 4.57 Å². The molecule has 1 aromatic carbocycles. The molecule has 0 aliphatic heterocycles. The van der Waals surface area contributed by atoms with E-state index in [1.807, 2.05) is 29.7 Å². The summed E-state index contributed by atoms with van der Waals surface area (Å²) >= 11 is 5.49. The highest BCUT2D eigenvalue weighted by atomic mass is 32.1. The van der Waals surface area contributed by atoms with Crippen molar-refractivity contribution < 1.29 is 0 Å². The molecule has 0 saturated heterocycles. The van der Waals surface area contributed by atoms with Gasteiger partial charge in [-0.15, -0.1) is 0 Å². The summed E-state index contributed by atoms with van der Waals surface area (Å²) in [7, 11) is 0. The number of hydrogen-bond donors (Lipinski definition) is 1. The first-order chi connectivity index (χ1) is 9.58. The number of nitrogens with zero attached hydrogens (tertiary/aromatic N) is 2. The summed E-state index contributed by atoms with van der Waals surface area (Å²) in [5.74, 6) is 0.433. The lowest BCUT2D eigenvalue weighted by Crippen LogP contribution is -2.02. The second kappa shape index (κ2) is 4.87. The van der Waals surface area contributed by atoms with E-state index in [9.17, 15) is 0 Å². The SMILES string of the molecule is Cc1ccc2[nH]c(=S)n(-c3ccccc3C(C)C)c2n1. The Morgan fingerprint density at radius 2 is 1.90 bits per heavy atom. The third kappa shape index (κ3) is 2.06. The zero-order valence-electron chi connectivity index (χ0n) is 11.8. The number of aryl methyl sites for hydroxylation is 1. The summed E-state index contributed by atoms with van der Waals surface area (Å²) in [5, 5.41) is 0. The summed E-state index contributed by atoms with van der Waals surface area (Å²) in [5.41, 5.74) is 5.23. The van der Waals surface area contributed by atoms with Crippen LogP contribution in [-0.2, 0) is 0 Å². The zero-order valence-corrected chi connectivity index (χ0v) is 12.7. The van der Waals surface area contributed by atoms with Gasteiger partial charge in [0.25, 0.3) is 0 Å². The minimum absolute atomic E-state index is 0.433. The number of H-pyrrole nitrogens is 1. The number of nitrogens with one attached hydrogen (secondary N) is 1. The Balaban J connectivity index is 2.38. The van der Waals surface area contributed by atoms with Crippen molar-refractivity contribution in [3.8, 4) is 5.69 Å². The highest BCUT2D eigenvalue weighted by Gasteiger charge is 2.13. The molecule has 0 aliphatic rings. The maximum Gasteiger partial charge on any atom is 0.184 e. The molecule has 1 N–H and O–H groups in total. The van der Waals surface area contributed by atoms with E-state index in [0.717, 1.165) is 22.5 Å². The lowest BCUT2D eigenvalue weighted by atomic mass is 10.0. The third-order valence-corrected chi connectivity index (χ3v) is 3.76. The van der Waals surface area contributed by atoms with Gasteiger partial charge in [0.1, 0.15) is 0 Å². The lowest BCUT2D eigenvalue weighted by molar-refractivity contribution is 0.846. The van der Waals surface area contributed by atoms with Gasteiger partial charge in [0.15, 0.2) is 10.4 Å². The Bertz CT molecular complexity index is 827. The van der Waals surface area contributed by atoms with Crippen LogP contribution in [0, 0.1) is 11.7 Å². The van der Waals surface area contributed by atoms with Crippen LogP contribution in [0.25, 0.3) is 16.9 Å². The van der Waals surface area contributed by atoms with Crippen molar-refractivity contribution in [2.75, 3.05) is 0 Å². The molecule has 3 nitrogen and oxygen atoms in total. The molecule has 0 fully saturated rings. The molecule has 0 saturated carbocycles. The van der Waals surface area contributed by atoms with Crippen LogP contribution < -0.4 is 0 Å². The Hall–Kier alpha value is -1.94. The number of pyridine rings is 1. The van der Waals surface area contributed by atoms with E-state index in [4.69, 9.17) is 12.2 Å². The highest BCUT2D eigenvalue weighted by molar-refractivity contribution is 7.71. The molecular weight excluding hydrogens is 266 g/mol. The minimum atomic E-state index is 0.433. The van der Waals surface area contributed by atoms with E-state index in [2.05, 4.69) is 42.0 Å². The summed E-state index contributed by atoms with van der Waals surface area (Å²) in [6.45, 7) is 6.38. The monoisotopic (exact) mass is 283 g/mol. The van der Waals surface area contributed by atoms with Gasteiger partial charge in [0.05, 0.1) is 11.2 Å². The molecule has 20 heavy (non-hydrogen) atoms. The van der Waals surface area contributed by atoms with Crippen molar-refractivity contribution in [1.82, 2.24) is 14.5 Å². The Labute approximate surface area is 123 Å². The summed E-state index contributed by atoms with van der Waals surface area (Å²) in [6.07, 6.45) is 0. The van der Waals surface area contributed by atoms with Crippen LogP contribution in [0.5, 0.6) is 0 Å². The predicted molar refractivity (Wildman–Crippen MR) is 85.1 cm³/mol. The second-order valence-corrected chi connectivity index (χ2v) is 5.69. The number of imidazole rings is 1. The van der Waals surface area contributed by atoms with Gasteiger partial charge in [0, 0.05) is 5.69 Å². The fourth-order valence-electron chi connectivity index (χ4n) is 2.48. The number of aromatic amines is 1. The molecule has 0 aliphatic carbocycles. The minimum Gasteiger partial charge on any atom is -0.329 e. The number of hydrogen-bond acceptors (Lipinski definition) is 2. The van der Waals surface area contributed by atoms with Gasteiger partial charge in [-0.05, 0) is 48.8 Å². The molecule has 0 unspecified atom stereocenters. The van der Waals surface area contributed by atoms with Crippen LogP contribution >= 0.6 is 12.2 Å². The first-order valence-electron chi connectivity index (χ1n) is 6.75. The average Bonchev–Trinajstić information content (AvgIpc) is 2.74. The molecule has 102 valence electrons. The van der Waals surface area contributed by atoms with E-state index < -0.39 is 0 Å². The average molecular weight is 283 g/mol. The van der Waals surface area contributed by atoms with E-state index in [0.29, 0.717) is 10.7 Å². The molecule has 0 spiro atoms. The largest absolute Gasteiger partial charge is 0.329 e. The molecule has 2 aromatic heterocycles. The molecule has 0 bridgehead atoms. The standard InChI is InChI=1S/C16H17N3S/c1-10(2)12-6-4-5-7-14(12)19-15-13(18-16(19)20)9-8-11(3)17-15/h4-10H,1-3H3,(H,18,20). The Morgan fingerprint density at radius 1 is 1.15 bits per heavy atom. The van der Waals surface area contributed by atoms with Gasteiger partial charge >= 0.3 is 0 Å². The van der Waals surface area contributed by atoms with Crippen LogP contribution in [0.2, 0.25) is 0 Å². The first kappa shape index (κ1) is 13.1. The molecule has 0 atom stereocenters. The lowest BCUT2D eigenvalue weighted by Gasteiger charge is -2.13. The van der Waals surface area contributed by atoms with Gasteiger partial charge in [-0.1, -0.05) is 32.0 Å². The van der Waals surface area contributed by atoms with Crippen LogP contribution in [0.1, 0.15) is 31.0 Å². The maximum atomic E-state index is 5.49. The van der Waals surface area contributed by atoms with E-state index in [1.165, 1.54) is 5.56 Å². The van der Waals surface area contributed by atoms with Crippen LogP contribution in [0.3, 0.4) is 0 Å². The molecule has 0 amide bonds. The fraction of sp³-hybridized carbons (Fsp3) is 0.250. The fourth-order valence-corrected chi connectivity index (χ4v) is 2.78. The Kier molecular flexibility index (Phi) is 3.18. The van der Waals surface area contributed by atoms with Crippen LogP contribution in [0.4, 0.5) is 0 Å². The van der Waals surface area contributed by atoms with E-state index in [1.54, 1.807) is 0 Å². The zero-order chi connectivity index (χ0) is 14.3. The molecule has 3 rings (SSSR count). The van der Waals surface area contributed by atoms with Gasteiger partial charge in [0.2, 0.25) is 0 Å². The van der Waals surface area contributed by atoms with E-state index in [-0.39, 0.29) is 0 Å². The summed E-state index contributed by atoms with van der Waals surface area (Å²) < 4.78 is 2.72. The van der Waals surface area contributed by atoms with Crippen LogP contribution in [-0.4, -0.2) is 14.5 Å². The molecule has 2 heterocycles. The number of rotatable bonds is 2. The van der Waals surface area contributed by atoms with Crippen molar-refractivity contribution in [2.24, 2.45) is 0 Å². The Morgan fingerprint density at radius 3 is 2.65 bits per heavy atom. The smallest absolute Gasteiger partial charge is 0.184 e. The topological polar surface area (TPSA) is 33.6 Å². The van der Waals surface area contributed by atoms with Crippen molar-refractivity contribution in [2.45, 2.75) is 26.7 Å². The van der Waals surface area contributed by atoms with Gasteiger partial charge in [-0.2, -0.15) is 0 Å². The number of benzene rings is 1. The second-order valence-electron chi connectivity index (χ2n) is 5.30. The van der Waals surface area contributed by atoms with Crippen molar-refractivity contribution in [3.63, 3.8) is 0 Å². The van der Waals surface area contributed by atoms with Crippen LogP contribution in [0.15, 0.2) is 36.4 Å². The maximum absolute atomic E-state index is 5.49. The quantitative estimate of drug-likeness (QED) is 0.702. The number of fused-ring (bicyclic) bond motifs is 1. The molecule has 0 radical (unpaired) electrons. The van der Waals surface area contributed by atoms with Crippen molar-refractivity contribution in [3.05, 3.63) is 52.4 Å². The summed E-state index contributed by atoms with van der Waals surface area (Å²) in [4.78, 5) is 7.87. The van der Waals surface area contributed by atoms with Crippen molar-refractivity contribution >= 4 is 23.4 Å². The normalized spacial score (nSPS) is 11.4. The van der Waals surface area contributed by atoms with Gasteiger partial charge in [-0.25, -0.2) is 4.98 Å². The number of para-hydroxylation sites is 1. The van der Waals surface area contributed by atoms with Crippen molar-refractivity contribution in [1.29, 1.82) is 0 Å². The van der Waals surface area contributed by atoms with E-state index >= 15 is 0 Å². The molecular formula is C16H17N3S. The third-order valence-electron chi connectivity index (χ3n) is 3.47.